The van der Waals surface area contributed by atoms with E-state index in [0.29, 0.717) is 25.7 Å². The van der Waals surface area contributed by atoms with Crippen LogP contribution < -0.4 is 5.32 Å². The summed E-state index contributed by atoms with van der Waals surface area (Å²) in [4.78, 5) is 36.9. The van der Waals surface area contributed by atoms with Crippen molar-refractivity contribution >= 4 is 17.8 Å². The summed E-state index contributed by atoms with van der Waals surface area (Å²) in [6, 6.07) is -0.639. The summed E-state index contributed by atoms with van der Waals surface area (Å²) in [6.45, 7) is 3.80. The first-order valence-electron chi connectivity index (χ1n) is 6.14. The van der Waals surface area contributed by atoms with E-state index in [0.717, 1.165) is 4.90 Å². The minimum Gasteiger partial charge on any atom is -0.277 e. The highest BCUT2D eigenvalue weighted by Crippen LogP contribution is 2.32. The Morgan fingerprint density at radius 3 is 2.39 bits per heavy atom. The van der Waals surface area contributed by atoms with Crippen LogP contribution in [0, 0.1) is 17.8 Å². The SMILES string of the molecule is C#CCCCN1C(=O)NC(=O)C(CC)(CC)C1=O. The van der Waals surface area contributed by atoms with Gasteiger partial charge in [-0.05, 0) is 19.3 Å². The van der Waals surface area contributed by atoms with E-state index in [1.165, 1.54) is 0 Å². The van der Waals surface area contributed by atoms with E-state index in [9.17, 15) is 14.4 Å². The second kappa shape index (κ2) is 5.67. The summed E-state index contributed by atoms with van der Waals surface area (Å²) in [7, 11) is 0. The van der Waals surface area contributed by atoms with Crippen molar-refractivity contribution in [2.24, 2.45) is 5.41 Å². The summed E-state index contributed by atoms with van der Waals surface area (Å²) in [5, 5.41) is 2.26. The van der Waals surface area contributed by atoms with Crippen LogP contribution in [-0.2, 0) is 9.59 Å². The topological polar surface area (TPSA) is 66.5 Å². The van der Waals surface area contributed by atoms with Gasteiger partial charge in [-0.1, -0.05) is 13.8 Å². The van der Waals surface area contributed by atoms with E-state index in [-0.39, 0.29) is 6.54 Å². The summed E-state index contributed by atoms with van der Waals surface area (Å²) in [5.74, 6) is 1.56. The minimum absolute atomic E-state index is 0.254. The van der Waals surface area contributed by atoms with Gasteiger partial charge in [0.1, 0.15) is 5.41 Å². The van der Waals surface area contributed by atoms with Crippen molar-refractivity contribution in [3.63, 3.8) is 0 Å². The Balaban J connectivity index is 2.92. The number of carbonyl (C=O) groups excluding carboxylic acids is 3. The number of imide groups is 2. The highest BCUT2D eigenvalue weighted by molar-refractivity contribution is 6.19. The third-order valence-electron chi connectivity index (χ3n) is 3.46. The van der Waals surface area contributed by atoms with Gasteiger partial charge >= 0.3 is 6.03 Å². The molecule has 1 fully saturated rings. The van der Waals surface area contributed by atoms with Crippen LogP contribution in [0.25, 0.3) is 0 Å². The van der Waals surface area contributed by atoms with E-state index in [2.05, 4.69) is 11.2 Å². The molecule has 5 nitrogen and oxygen atoms in total. The molecule has 0 aromatic heterocycles. The lowest BCUT2D eigenvalue weighted by Gasteiger charge is -2.38. The molecule has 1 aliphatic rings. The number of hydrogen-bond acceptors (Lipinski definition) is 3. The lowest BCUT2D eigenvalue weighted by Crippen LogP contribution is -2.63. The van der Waals surface area contributed by atoms with Gasteiger partial charge in [-0.3, -0.25) is 19.8 Å². The van der Waals surface area contributed by atoms with Crippen LogP contribution in [0.5, 0.6) is 0 Å². The van der Waals surface area contributed by atoms with Gasteiger partial charge in [0.05, 0.1) is 0 Å². The number of amides is 4. The lowest BCUT2D eigenvalue weighted by molar-refractivity contribution is -0.152. The van der Waals surface area contributed by atoms with Gasteiger partial charge in [0.15, 0.2) is 0 Å². The maximum Gasteiger partial charge on any atom is 0.330 e. The first kappa shape index (κ1) is 14.2. The molecule has 1 aliphatic heterocycles. The fourth-order valence-corrected chi connectivity index (χ4v) is 2.15. The molecule has 0 atom stereocenters. The molecule has 0 bridgehead atoms. The fourth-order valence-electron chi connectivity index (χ4n) is 2.15. The van der Waals surface area contributed by atoms with Gasteiger partial charge in [0.2, 0.25) is 11.8 Å². The monoisotopic (exact) mass is 250 g/mol. The third-order valence-corrected chi connectivity index (χ3v) is 3.46. The van der Waals surface area contributed by atoms with E-state index in [1.807, 2.05) is 0 Å². The van der Waals surface area contributed by atoms with Gasteiger partial charge in [0, 0.05) is 13.0 Å². The zero-order chi connectivity index (χ0) is 13.8. The number of hydrogen-bond donors (Lipinski definition) is 1. The number of nitrogens with one attached hydrogen (secondary N) is 1. The number of rotatable bonds is 5. The van der Waals surface area contributed by atoms with E-state index >= 15 is 0 Å². The number of terminal acetylenes is 1. The normalized spacial score (nSPS) is 18.5. The predicted molar refractivity (Wildman–Crippen MR) is 66.3 cm³/mol. The van der Waals surface area contributed by atoms with E-state index in [4.69, 9.17) is 6.42 Å². The van der Waals surface area contributed by atoms with Crippen LogP contribution in [0.3, 0.4) is 0 Å². The maximum atomic E-state index is 12.3. The molecule has 1 heterocycles. The number of unbranched alkanes of at least 4 members (excludes halogenated alkanes) is 1. The van der Waals surface area contributed by atoms with Gasteiger partial charge in [-0.2, -0.15) is 0 Å². The number of carbonyl (C=O) groups is 3. The average molecular weight is 250 g/mol. The zero-order valence-electron chi connectivity index (χ0n) is 10.8. The van der Waals surface area contributed by atoms with Crippen molar-refractivity contribution in [1.29, 1.82) is 0 Å². The second-order valence-corrected chi connectivity index (χ2v) is 4.31. The highest BCUT2D eigenvalue weighted by atomic mass is 16.2. The van der Waals surface area contributed by atoms with Crippen molar-refractivity contribution < 1.29 is 14.4 Å². The Hall–Kier alpha value is -1.83. The fraction of sp³-hybridized carbons (Fsp3) is 0.615. The number of barbiturate groups is 1. The molecule has 0 unspecified atom stereocenters. The Labute approximate surface area is 107 Å². The van der Waals surface area contributed by atoms with Gasteiger partial charge in [0.25, 0.3) is 0 Å². The molecule has 1 saturated heterocycles. The van der Waals surface area contributed by atoms with Crippen molar-refractivity contribution in [3.05, 3.63) is 0 Å². The van der Waals surface area contributed by atoms with Crippen LogP contribution >= 0.6 is 0 Å². The molecule has 98 valence electrons. The smallest absolute Gasteiger partial charge is 0.277 e. The molecule has 4 amide bonds. The molecule has 0 radical (unpaired) electrons. The molecule has 0 aromatic carbocycles. The van der Waals surface area contributed by atoms with Crippen LogP contribution in [-0.4, -0.2) is 29.3 Å². The molecular formula is C13H18N2O3. The summed E-state index contributed by atoms with van der Waals surface area (Å²) in [5.41, 5.74) is -1.11. The van der Waals surface area contributed by atoms with Gasteiger partial charge in [-0.25, -0.2) is 4.79 Å². The first-order valence-corrected chi connectivity index (χ1v) is 6.14. The first-order chi connectivity index (χ1) is 8.53. The summed E-state index contributed by atoms with van der Waals surface area (Å²) >= 11 is 0. The van der Waals surface area contributed by atoms with E-state index in [1.54, 1.807) is 13.8 Å². The molecule has 0 aromatic rings. The lowest BCUT2D eigenvalue weighted by atomic mass is 9.78. The molecule has 5 heteroatoms. The van der Waals surface area contributed by atoms with Crippen molar-refractivity contribution in [2.45, 2.75) is 39.5 Å². The van der Waals surface area contributed by atoms with Crippen LogP contribution in [0.2, 0.25) is 0 Å². The Morgan fingerprint density at radius 1 is 1.28 bits per heavy atom. The molecular weight excluding hydrogens is 232 g/mol. The highest BCUT2D eigenvalue weighted by Gasteiger charge is 2.51. The number of nitrogens with zero attached hydrogens (tertiary/aromatic N) is 1. The molecule has 1 rings (SSSR count). The summed E-state index contributed by atoms with van der Waals surface area (Å²) in [6.07, 6.45) is 6.94. The van der Waals surface area contributed by atoms with Gasteiger partial charge < -0.3 is 0 Å². The second-order valence-electron chi connectivity index (χ2n) is 4.31. The Morgan fingerprint density at radius 2 is 1.89 bits per heavy atom. The van der Waals surface area contributed by atoms with Crippen molar-refractivity contribution in [2.75, 3.05) is 6.54 Å². The average Bonchev–Trinajstić information content (AvgIpc) is 2.35. The quantitative estimate of drug-likeness (QED) is 0.454. The largest absolute Gasteiger partial charge is 0.330 e. The van der Waals surface area contributed by atoms with Crippen LogP contribution in [0.15, 0.2) is 0 Å². The van der Waals surface area contributed by atoms with Gasteiger partial charge in [-0.15, -0.1) is 12.3 Å². The maximum absolute atomic E-state index is 12.3. The minimum atomic E-state index is -1.11. The number of urea groups is 1. The molecule has 0 aliphatic carbocycles. The zero-order valence-corrected chi connectivity index (χ0v) is 10.8. The van der Waals surface area contributed by atoms with E-state index < -0.39 is 23.3 Å². The Bertz CT molecular complexity index is 405. The van der Waals surface area contributed by atoms with Crippen molar-refractivity contribution in [1.82, 2.24) is 10.2 Å². The Kier molecular flexibility index (Phi) is 4.49. The van der Waals surface area contributed by atoms with Crippen molar-refractivity contribution in [3.8, 4) is 12.3 Å². The van der Waals surface area contributed by atoms with Crippen LogP contribution in [0.4, 0.5) is 4.79 Å². The molecule has 0 spiro atoms. The summed E-state index contributed by atoms with van der Waals surface area (Å²) < 4.78 is 0. The standard InChI is InChI=1S/C13H18N2O3/c1-4-7-8-9-15-11(17)13(5-2,6-3)10(16)14-12(15)18/h1H,5-9H2,2-3H3,(H,14,16,18). The molecule has 18 heavy (non-hydrogen) atoms. The van der Waals surface area contributed by atoms with Crippen LogP contribution in [0.1, 0.15) is 39.5 Å². The third kappa shape index (κ3) is 2.23. The predicted octanol–water partition coefficient (Wildman–Crippen LogP) is 1.28. The molecule has 1 N–H and O–H groups in total. The molecule has 0 saturated carbocycles.